The summed E-state index contributed by atoms with van der Waals surface area (Å²) in [6.45, 7) is 1.49. The molecule has 1 N–H and O–H groups in total. The number of halogens is 1. The van der Waals surface area contributed by atoms with Gasteiger partial charge in [-0.15, -0.1) is 0 Å². The normalized spacial score (nSPS) is 10.6. The molecule has 0 fully saturated rings. The summed E-state index contributed by atoms with van der Waals surface area (Å²) >= 11 is 5.83. The van der Waals surface area contributed by atoms with E-state index in [1.54, 1.807) is 0 Å². The molecule has 1 amide bonds. The average Bonchev–Trinajstić information content (AvgIpc) is 2.39. The quantitative estimate of drug-likeness (QED) is 0.820. The molecule has 0 aliphatic heterocycles. The van der Waals surface area contributed by atoms with Crippen LogP contribution in [0, 0.1) is 0 Å². The van der Waals surface area contributed by atoms with Gasteiger partial charge in [0.1, 0.15) is 0 Å². The van der Waals surface area contributed by atoms with Crippen LogP contribution in [0.3, 0.4) is 0 Å². The third-order valence-electron chi connectivity index (χ3n) is 2.57. The molecule has 2 aromatic rings. The van der Waals surface area contributed by atoms with Crippen molar-refractivity contribution in [1.29, 1.82) is 0 Å². The zero-order chi connectivity index (χ0) is 13.7. The lowest BCUT2D eigenvalue weighted by molar-refractivity contribution is -0.114. The molecule has 0 aliphatic carbocycles. The largest absolute Gasteiger partial charge is 0.326 e. The average molecular weight is 272 g/mol. The van der Waals surface area contributed by atoms with E-state index >= 15 is 0 Å². The van der Waals surface area contributed by atoms with Gasteiger partial charge in [-0.05, 0) is 35.4 Å². The second kappa shape index (κ2) is 6.21. The van der Waals surface area contributed by atoms with Crippen molar-refractivity contribution >= 4 is 35.3 Å². The van der Waals surface area contributed by atoms with Gasteiger partial charge in [0.15, 0.2) is 0 Å². The Morgan fingerprint density at radius 1 is 0.947 bits per heavy atom. The number of carbonyl (C=O) groups is 1. The molecule has 0 bridgehead atoms. The molecule has 0 spiro atoms. The van der Waals surface area contributed by atoms with Crippen LogP contribution >= 0.6 is 11.6 Å². The molecule has 0 aromatic heterocycles. The standard InChI is InChI=1S/C16H14ClNO/c1-12(19)18-16-10-6-14(7-11-16)3-2-13-4-8-15(17)9-5-13/h2-11H,1H3,(H,18,19)/b3-2+. The molecule has 0 unspecified atom stereocenters. The highest BCUT2D eigenvalue weighted by Gasteiger charge is 1.94. The minimum Gasteiger partial charge on any atom is -0.326 e. The van der Waals surface area contributed by atoms with Gasteiger partial charge < -0.3 is 5.32 Å². The molecule has 0 atom stereocenters. The highest BCUT2D eigenvalue weighted by molar-refractivity contribution is 6.30. The summed E-state index contributed by atoms with van der Waals surface area (Å²) in [5.41, 5.74) is 2.97. The topological polar surface area (TPSA) is 29.1 Å². The molecule has 0 saturated heterocycles. The van der Waals surface area contributed by atoms with E-state index in [4.69, 9.17) is 11.6 Å². The molecule has 2 aromatic carbocycles. The first kappa shape index (κ1) is 13.4. The lowest BCUT2D eigenvalue weighted by Crippen LogP contribution is -2.05. The zero-order valence-electron chi connectivity index (χ0n) is 10.6. The van der Waals surface area contributed by atoms with Gasteiger partial charge in [0.25, 0.3) is 0 Å². The summed E-state index contributed by atoms with van der Waals surface area (Å²) in [5.74, 6) is -0.0653. The van der Waals surface area contributed by atoms with Crippen LogP contribution in [-0.2, 0) is 4.79 Å². The van der Waals surface area contributed by atoms with Gasteiger partial charge in [0.2, 0.25) is 5.91 Å². The highest BCUT2D eigenvalue weighted by atomic mass is 35.5. The summed E-state index contributed by atoms with van der Waals surface area (Å²) in [6, 6.07) is 15.3. The molecule has 0 aliphatic rings. The zero-order valence-corrected chi connectivity index (χ0v) is 11.3. The Morgan fingerprint density at radius 3 is 1.89 bits per heavy atom. The number of hydrogen-bond donors (Lipinski definition) is 1. The van der Waals surface area contributed by atoms with E-state index in [0.717, 1.165) is 21.8 Å². The van der Waals surface area contributed by atoms with Gasteiger partial charge in [-0.3, -0.25) is 4.79 Å². The minimum atomic E-state index is -0.0653. The van der Waals surface area contributed by atoms with Crippen LogP contribution in [0.4, 0.5) is 5.69 Å². The Hall–Kier alpha value is -2.06. The van der Waals surface area contributed by atoms with Crippen molar-refractivity contribution in [3.63, 3.8) is 0 Å². The summed E-state index contributed by atoms with van der Waals surface area (Å²) in [4.78, 5) is 10.9. The van der Waals surface area contributed by atoms with Crippen LogP contribution in [0.5, 0.6) is 0 Å². The van der Waals surface area contributed by atoms with Crippen LogP contribution in [0.15, 0.2) is 48.5 Å². The lowest BCUT2D eigenvalue weighted by atomic mass is 10.1. The molecule has 3 heteroatoms. The first-order valence-corrected chi connectivity index (χ1v) is 6.32. The van der Waals surface area contributed by atoms with E-state index in [-0.39, 0.29) is 5.91 Å². The number of anilines is 1. The molecule has 0 saturated carbocycles. The highest BCUT2D eigenvalue weighted by Crippen LogP contribution is 2.14. The fourth-order valence-corrected chi connectivity index (χ4v) is 1.77. The number of nitrogens with one attached hydrogen (secondary N) is 1. The SMILES string of the molecule is CC(=O)Nc1ccc(/C=C/c2ccc(Cl)cc2)cc1. The Morgan fingerprint density at radius 2 is 1.42 bits per heavy atom. The summed E-state index contributed by atoms with van der Waals surface area (Å²) < 4.78 is 0. The molecule has 2 rings (SSSR count). The third kappa shape index (κ3) is 4.27. The maximum absolute atomic E-state index is 10.9. The fraction of sp³-hybridized carbons (Fsp3) is 0.0625. The number of benzene rings is 2. The van der Waals surface area contributed by atoms with Gasteiger partial charge in [0.05, 0.1) is 0 Å². The predicted molar refractivity (Wildman–Crippen MR) is 81.1 cm³/mol. The van der Waals surface area contributed by atoms with Crippen molar-refractivity contribution in [1.82, 2.24) is 0 Å². The van der Waals surface area contributed by atoms with Crippen molar-refractivity contribution in [3.05, 3.63) is 64.7 Å². The maximum atomic E-state index is 10.9. The third-order valence-corrected chi connectivity index (χ3v) is 2.82. The van der Waals surface area contributed by atoms with Crippen LogP contribution < -0.4 is 5.32 Å². The number of amides is 1. The monoisotopic (exact) mass is 271 g/mol. The van der Waals surface area contributed by atoms with E-state index in [1.807, 2.05) is 60.7 Å². The van der Waals surface area contributed by atoms with Crippen molar-refractivity contribution < 1.29 is 4.79 Å². The molecule has 2 nitrogen and oxygen atoms in total. The van der Waals surface area contributed by atoms with Crippen molar-refractivity contribution in [2.75, 3.05) is 5.32 Å². The van der Waals surface area contributed by atoms with E-state index in [1.165, 1.54) is 6.92 Å². The van der Waals surface area contributed by atoms with E-state index in [0.29, 0.717) is 0 Å². The number of hydrogen-bond acceptors (Lipinski definition) is 1. The second-order valence-corrected chi connectivity index (χ2v) is 4.62. The maximum Gasteiger partial charge on any atom is 0.221 e. The Labute approximate surface area is 117 Å². The first-order valence-electron chi connectivity index (χ1n) is 5.95. The molecular weight excluding hydrogens is 258 g/mol. The molecule has 19 heavy (non-hydrogen) atoms. The first-order chi connectivity index (χ1) is 9.13. The Balaban J connectivity index is 2.06. The van der Waals surface area contributed by atoms with Gasteiger partial charge in [0, 0.05) is 17.6 Å². The minimum absolute atomic E-state index is 0.0653. The molecule has 0 heterocycles. The smallest absolute Gasteiger partial charge is 0.221 e. The summed E-state index contributed by atoms with van der Waals surface area (Å²) in [7, 11) is 0. The Kier molecular flexibility index (Phi) is 4.37. The predicted octanol–water partition coefficient (Wildman–Crippen LogP) is 4.47. The van der Waals surface area contributed by atoms with Crippen LogP contribution in [-0.4, -0.2) is 5.91 Å². The number of rotatable bonds is 3. The summed E-state index contributed by atoms with van der Waals surface area (Å²) in [6.07, 6.45) is 4.03. The van der Waals surface area contributed by atoms with Gasteiger partial charge in [-0.1, -0.05) is 48.0 Å². The van der Waals surface area contributed by atoms with Crippen molar-refractivity contribution in [2.24, 2.45) is 0 Å². The van der Waals surface area contributed by atoms with Crippen molar-refractivity contribution in [3.8, 4) is 0 Å². The molecule has 0 radical (unpaired) electrons. The van der Waals surface area contributed by atoms with Crippen LogP contribution in [0.25, 0.3) is 12.2 Å². The number of carbonyl (C=O) groups excluding carboxylic acids is 1. The van der Waals surface area contributed by atoms with E-state index < -0.39 is 0 Å². The molecule has 96 valence electrons. The van der Waals surface area contributed by atoms with Gasteiger partial charge >= 0.3 is 0 Å². The van der Waals surface area contributed by atoms with E-state index in [9.17, 15) is 4.79 Å². The van der Waals surface area contributed by atoms with Crippen LogP contribution in [0.1, 0.15) is 18.1 Å². The van der Waals surface area contributed by atoms with Gasteiger partial charge in [-0.2, -0.15) is 0 Å². The molecular formula is C16H14ClNO. The van der Waals surface area contributed by atoms with Gasteiger partial charge in [-0.25, -0.2) is 0 Å². The van der Waals surface area contributed by atoms with Crippen LogP contribution in [0.2, 0.25) is 5.02 Å². The second-order valence-electron chi connectivity index (χ2n) is 4.19. The fourth-order valence-electron chi connectivity index (χ4n) is 1.65. The summed E-state index contributed by atoms with van der Waals surface area (Å²) in [5, 5.41) is 3.47. The van der Waals surface area contributed by atoms with E-state index in [2.05, 4.69) is 5.32 Å². The van der Waals surface area contributed by atoms with Crippen molar-refractivity contribution in [2.45, 2.75) is 6.92 Å². The lowest BCUT2D eigenvalue weighted by Gasteiger charge is -2.01. The Bertz CT molecular complexity index is 585.